The average molecular weight is 319 g/mol. The molecule has 1 aliphatic heterocycles. The monoisotopic (exact) mass is 318 g/mol. The molecule has 0 saturated carbocycles. The Balaban J connectivity index is 2.11. The predicted molar refractivity (Wildman–Crippen MR) is 82.0 cm³/mol. The van der Waals surface area contributed by atoms with Gasteiger partial charge < -0.3 is 10.1 Å². The average Bonchev–Trinajstić information content (AvgIpc) is 2.60. The van der Waals surface area contributed by atoms with Crippen LogP contribution in [0.1, 0.15) is 19.3 Å². The second-order valence-electron chi connectivity index (χ2n) is 4.95. The highest BCUT2D eigenvalue weighted by Gasteiger charge is 2.14. The van der Waals surface area contributed by atoms with Gasteiger partial charge in [-0.15, -0.1) is 0 Å². The Hall–Kier alpha value is -0.980. The maximum atomic E-state index is 11.3. The first-order chi connectivity index (χ1) is 9.44. The Bertz CT molecular complexity index is 555. The largest absolute Gasteiger partial charge is 0.381 e. The van der Waals surface area contributed by atoms with Gasteiger partial charge in [-0.3, -0.25) is 4.72 Å². The normalized spacial score (nSPS) is 20.2. The standard InChI is InChI=1S/C13H19ClN2O3S/c1-20(17,18)16-11-4-5-12(14)13(9-11)15-10-3-2-7-19-8-6-10/h4-5,9-10,15-16H,2-3,6-8H2,1H3. The molecule has 0 aliphatic carbocycles. The van der Waals surface area contributed by atoms with E-state index in [9.17, 15) is 8.42 Å². The first kappa shape index (κ1) is 15.4. The minimum atomic E-state index is -3.29. The minimum absolute atomic E-state index is 0.295. The lowest BCUT2D eigenvalue weighted by Crippen LogP contribution is -2.20. The molecule has 0 bridgehead atoms. The maximum Gasteiger partial charge on any atom is 0.229 e. The summed E-state index contributed by atoms with van der Waals surface area (Å²) in [5.41, 5.74) is 1.25. The Kier molecular flexibility index (Phi) is 5.12. The van der Waals surface area contributed by atoms with Gasteiger partial charge >= 0.3 is 0 Å². The minimum Gasteiger partial charge on any atom is -0.381 e. The number of sulfonamides is 1. The van der Waals surface area contributed by atoms with E-state index < -0.39 is 10.0 Å². The van der Waals surface area contributed by atoms with Crippen molar-refractivity contribution in [3.63, 3.8) is 0 Å². The molecule has 0 aromatic heterocycles. The number of halogens is 1. The molecule has 0 amide bonds. The lowest BCUT2D eigenvalue weighted by atomic mass is 10.1. The third-order valence-electron chi connectivity index (χ3n) is 3.08. The number of benzene rings is 1. The number of hydrogen-bond donors (Lipinski definition) is 2. The zero-order valence-corrected chi connectivity index (χ0v) is 12.9. The Morgan fingerprint density at radius 1 is 1.30 bits per heavy atom. The fraction of sp³-hybridized carbons (Fsp3) is 0.538. The molecule has 7 heteroatoms. The summed E-state index contributed by atoms with van der Waals surface area (Å²) in [5.74, 6) is 0. The van der Waals surface area contributed by atoms with E-state index in [-0.39, 0.29) is 0 Å². The van der Waals surface area contributed by atoms with E-state index in [2.05, 4.69) is 10.0 Å². The van der Waals surface area contributed by atoms with Crippen LogP contribution in [0.3, 0.4) is 0 Å². The fourth-order valence-electron chi connectivity index (χ4n) is 2.18. The van der Waals surface area contributed by atoms with Crippen LogP contribution in [0.5, 0.6) is 0 Å². The van der Waals surface area contributed by atoms with Crippen LogP contribution < -0.4 is 10.0 Å². The highest BCUT2D eigenvalue weighted by Crippen LogP contribution is 2.28. The quantitative estimate of drug-likeness (QED) is 0.895. The smallest absolute Gasteiger partial charge is 0.229 e. The highest BCUT2D eigenvalue weighted by atomic mass is 35.5. The molecule has 2 rings (SSSR count). The van der Waals surface area contributed by atoms with Crippen LogP contribution in [-0.2, 0) is 14.8 Å². The van der Waals surface area contributed by atoms with Crippen molar-refractivity contribution in [3.05, 3.63) is 23.2 Å². The van der Waals surface area contributed by atoms with Gasteiger partial charge in [0.15, 0.2) is 0 Å². The summed E-state index contributed by atoms with van der Waals surface area (Å²) in [6.45, 7) is 1.53. The van der Waals surface area contributed by atoms with Crippen molar-refractivity contribution in [1.29, 1.82) is 0 Å². The highest BCUT2D eigenvalue weighted by molar-refractivity contribution is 7.92. The number of nitrogens with one attached hydrogen (secondary N) is 2. The Morgan fingerprint density at radius 3 is 2.85 bits per heavy atom. The molecule has 5 nitrogen and oxygen atoms in total. The molecule has 0 spiro atoms. The number of hydrogen-bond acceptors (Lipinski definition) is 4. The van der Waals surface area contributed by atoms with Gasteiger partial charge in [-0.05, 0) is 37.5 Å². The summed E-state index contributed by atoms with van der Waals surface area (Å²) in [5, 5.41) is 3.95. The van der Waals surface area contributed by atoms with Gasteiger partial charge in [0, 0.05) is 19.3 Å². The number of anilines is 2. The summed E-state index contributed by atoms with van der Waals surface area (Å²) in [6.07, 6.45) is 4.06. The lowest BCUT2D eigenvalue weighted by molar-refractivity contribution is 0.144. The van der Waals surface area contributed by atoms with Gasteiger partial charge in [-0.1, -0.05) is 11.6 Å². The molecule has 1 aromatic carbocycles. The second kappa shape index (κ2) is 6.65. The Labute approximate surface area is 124 Å². The van der Waals surface area contributed by atoms with E-state index in [1.54, 1.807) is 18.2 Å². The molecule has 1 aromatic rings. The van der Waals surface area contributed by atoms with Crippen molar-refractivity contribution in [2.75, 3.05) is 29.5 Å². The van der Waals surface area contributed by atoms with E-state index in [1.165, 1.54) is 0 Å². The second-order valence-corrected chi connectivity index (χ2v) is 7.11. The summed E-state index contributed by atoms with van der Waals surface area (Å²) in [4.78, 5) is 0. The molecule has 1 heterocycles. The van der Waals surface area contributed by atoms with Gasteiger partial charge in [-0.2, -0.15) is 0 Å². The van der Waals surface area contributed by atoms with Crippen molar-refractivity contribution < 1.29 is 13.2 Å². The summed E-state index contributed by atoms with van der Waals surface area (Å²) in [6, 6.07) is 5.34. The molecular formula is C13H19ClN2O3S. The lowest BCUT2D eigenvalue weighted by Gasteiger charge is -2.19. The third-order valence-corrected chi connectivity index (χ3v) is 4.02. The van der Waals surface area contributed by atoms with Crippen molar-refractivity contribution in [2.24, 2.45) is 0 Å². The van der Waals surface area contributed by atoms with Gasteiger partial charge in [0.2, 0.25) is 10.0 Å². The molecule has 1 aliphatic rings. The summed E-state index contributed by atoms with van der Waals surface area (Å²) >= 11 is 6.16. The first-order valence-electron chi connectivity index (χ1n) is 6.56. The molecule has 1 fully saturated rings. The van der Waals surface area contributed by atoms with Crippen LogP contribution in [0, 0.1) is 0 Å². The van der Waals surface area contributed by atoms with E-state index in [1.807, 2.05) is 0 Å². The van der Waals surface area contributed by atoms with Gasteiger partial charge in [0.25, 0.3) is 0 Å². The fourth-order valence-corrected chi connectivity index (χ4v) is 2.91. The van der Waals surface area contributed by atoms with Crippen molar-refractivity contribution in [1.82, 2.24) is 0 Å². The molecule has 20 heavy (non-hydrogen) atoms. The molecular weight excluding hydrogens is 300 g/mol. The van der Waals surface area contributed by atoms with Crippen LogP contribution in [-0.4, -0.2) is 33.9 Å². The first-order valence-corrected chi connectivity index (χ1v) is 8.82. The number of rotatable bonds is 4. The molecule has 1 saturated heterocycles. The SMILES string of the molecule is CS(=O)(=O)Nc1ccc(Cl)c(NC2CCCOCC2)c1. The number of ether oxygens (including phenoxy) is 1. The molecule has 1 atom stereocenters. The zero-order chi connectivity index (χ0) is 14.6. The van der Waals surface area contributed by atoms with Crippen LogP contribution >= 0.6 is 11.6 Å². The third kappa shape index (κ3) is 4.85. The molecule has 0 radical (unpaired) electrons. The zero-order valence-electron chi connectivity index (χ0n) is 11.4. The van der Waals surface area contributed by atoms with Crippen LogP contribution in [0.15, 0.2) is 18.2 Å². The topological polar surface area (TPSA) is 67.4 Å². The van der Waals surface area contributed by atoms with Crippen LogP contribution in [0.4, 0.5) is 11.4 Å². The van der Waals surface area contributed by atoms with Gasteiger partial charge in [-0.25, -0.2) is 8.42 Å². The van der Waals surface area contributed by atoms with E-state index in [0.29, 0.717) is 16.8 Å². The van der Waals surface area contributed by atoms with Crippen LogP contribution in [0.25, 0.3) is 0 Å². The van der Waals surface area contributed by atoms with Gasteiger partial charge in [0.05, 0.1) is 22.7 Å². The maximum absolute atomic E-state index is 11.3. The Morgan fingerprint density at radius 2 is 2.10 bits per heavy atom. The van der Waals surface area contributed by atoms with Crippen molar-refractivity contribution in [2.45, 2.75) is 25.3 Å². The van der Waals surface area contributed by atoms with E-state index in [4.69, 9.17) is 16.3 Å². The van der Waals surface area contributed by atoms with E-state index in [0.717, 1.165) is 44.4 Å². The molecule has 1 unspecified atom stereocenters. The summed E-state index contributed by atoms with van der Waals surface area (Å²) < 4.78 is 30.4. The van der Waals surface area contributed by atoms with E-state index >= 15 is 0 Å². The molecule has 2 N–H and O–H groups in total. The van der Waals surface area contributed by atoms with Gasteiger partial charge in [0.1, 0.15) is 0 Å². The van der Waals surface area contributed by atoms with Crippen molar-refractivity contribution in [3.8, 4) is 0 Å². The van der Waals surface area contributed by atoms with Crippen molar-refractivity contribution >= 4 is 33.0 Å². The predicted octanol–water partition coefficient (Wildman–Crippen LogP) is 2.69. The summed E-state index contributed by atoms with van der Waals surface area (Å²) in [7, 11) is -3.29. The molecule has 112 valence electrons. The van der Waals surface area contributed by atoms with Crippen LogP contribution in [0.2, 0.25) is 5.02 Å².